The summed E-state index contributed by atoms with van der Waals surface area (Å²) in [6.07, 6.45) is 10.7. The molecule has 108 valence electrons. The quantitative estimate of drug-likeness (QED) is 0.469. The second-order valence-corrected chi connectivity index (χ2v) is 5.43. The number of likely N-dealkylation sites (tertiary alicyclic amines) is 1. The van der Waals surface area contributed by atoms with Crippen LogP contribution in [0.3, 0.4) is 0 Å². The van der Waals surface area contributed by atoms with E-state index in [0.717, 1.165) is 25.7 Å². The van der Waals surface area contributed by atoms with Gasteiger partial charge in [0, 0.05) is 18.5 Å². The van der Waals surface area contributed by atoms with E-state index in [1.165, 1.54) is 37.0 Å². The Kier molecular flexibility index (Phi) is 7.46. The summed E-state index contributed by atoms with van der Waals surface area (Å²) >= 11 is 0. The third-order valence-corrected chi connectivity index (χ3v) is 3.70. The van der Waals surface area contributed by atoms with Gasteiger partial charge in [0.15, 0.2) is 0 Å². The summed E-state index contributed by atoms with van der Waals surface area (Å²) in [5.41, 5.74) is 0.601. The first-order valence-corrected chi connectivity index (χ1v) is 7.69. The number of carbonyl (C=O) groups is 2. The molecule has 0 saturated carbocycles. The lowest BCUT2D eigenvalue weighted by Crippen LogP contribution is -2.32. The normalized spacial score (nSPS) is 15.0. The Morgan fingerprint density at radius 3 is 2.37 bits per heavy atom. The van der Waals surface area contributed by atoms with Crippen LogP contribution in [0.15, 0.2) is 12.2 Å². The average Bonchev–Trinajstić information content (AvgIpc) is 2.82. The zero-order valence-corrected chi connectivity index (χ0v) is 12.2. The highest BCUT2D eigenvalue weighted by Crippen LogP contribution is 2.17. The van der Waals surface area contributed by atoms with E-state index >= 15 is 0 Å². The maximum Gasteiger partial charge on any atom is 0.255 e. The van der Waals surface area contributed by atoms with Crippen molar-refractivity contribution in [2.24, 2.45) is 0 Å². The van der Waals surface area contributed by atoms with Crippen LogP contribution >= 0.6 is 0 Å². The van der Waals surface area contributed by atoms with Gasteiger partial charge in [-0.05, 0) is 19.3 Å². The van der Waals surface area contributed by atoms with Gasteiger partial charge in [-0.1, -0.05) is 52.0 Å². The minimum atomic E-state index is -0.145. The molecule has 0 N–H and O–H groups in total. The van der Waals surface area contributed by atoms with Gasteiger partial charge in [0.2, 0.25) is 5.91 Å². The number of hydrogen-bond acceptors (Lipinski definition) is 2. The molecule has 0 unspecified atom stereocenters. The summed E-state index contributed by atoms with van der Waals surface area (Å²) in [7, 11) is 0. The molecule has 0 atom stereocenters. The number of imide groups is 1. The van der Waals surface area contributed by atoms with Gasteiger partial charge >= 0.3 is 0 Å². The van der Waals surface area contributed by atoms with Crippen molar-refractivity contribution in [1.29, 1.82) is 0 Å². The van der Waals surface area contributed by atoms with Crippen LogP contribution in [-0.2, 0) is 9.59 Å². The number of amides is 2. The van der Waals surface area contributed by atoms with E-state index in [2.05, 4.69) is 13.5 Å². The van der Waals surface area contributed by atoms with Gasteiger partial charge in [-0.3, -0.25) is 14.5 Å². The third kappa shape index (κ3) is 5.58. The van der Waals surface area contributed by atoms with E-state index in [1.54, 1.807) is 0 Å². The van der Waals surface area contributed by atoms with E-state index in [-0.39, 0.29) is 11.8 Å². The van der Waals surface area contributed by atoms with Crippen molar-refractivity contribution in [3.05, 3.63) is 12.2 Å². The Labute approximate surface area is 117 Å². The van der Waals surface area contributed by atoms with Gasteiger partial charge in [0.05, 0.1) is 0 Å². The van der Waals surface area contributed by atoms with Gasteiger partial charge < -0.3 is 0 Å². The van der Waals surface area contributed by atoms with Crippen LogP contribution < -0.4 is 0 Å². The van der Waals surface area contributed by atoms with E-state index < -0.39 is 0 Å². The second-order valence-electron chi connectivity index (χ2n) is 5.43. The first kappa shape index (κ1) is 15.9. The molecule has 0 spiro atoms. The Balaban J connectivity index is 2.10. The largest absolute Gasteiger partial charge is 0.279 e. The highest BCUT2D eigenvalue weighted by atomic mass is 16.2. The lowest BCUT2D eigenvalue weighted by atomic mass is 10.0. The number of nitrogens with zero attached hydrogens (tertiary/aromatic N) is 1. The SMILES string of the molecule is C=C(CCCCCCCCC)C(=O)N1CCCC1=O. The summed E-state index contributed by atoms with van der Waals surface area (Å²) in [6, 6.07) is 0. The number of carbonyl (C=O) groups excluding carboxylic acids is 2. The molecule has 3 nitrogen and oxygen atoms in total. The monoisotopic (exact) mass is 265 g/mol. The van der Waals surface area contributed by atoms with Crippen LogP contribution in [0.5, 0.6) is 0 Å². The molecule has 19 heavy (non-hydrogen) atoms. The van der Waals surface area contributed by atoms with Crippen molar-refractivity contribution in [1.82, 2.24) is 4.90 Å². The molecule has 0 aliphatic carbocycles. The average molecular weight is 265 g/mol. The van der Waals surface area contributed by atoms with Crippen LogP contribution in [0.2, 0.25) is 0 Å². The molecule has 1 aliphatic heterocycles. The van der Waals surface area contributed by atoms with Crippen molar-refractivity contribution >= 4 is 11.8 Å². The fraction of sp³-hybridized carbons (Fsp3) is 0.750. The summed E-state index contributed by atoms with van der Waals surface area (Å²) in [5.74, 6) is -0.181. The Bertz CT molecular complexity index is 323. The van der Waals surface area contributed by atoms with Gasteiger partial charge in [-0.2, -0.15) is 0 Å². The summed E-state index contributed by atoms with van der Waals surface area (Å²) in [5, 5.41) is 0. The minimum Gasteiger partial charge on any atom is -0.279 e. The molecule has 2 amide bonds. The smallest absolute Gasteiger partial charge is 0.255 e. The topological polar surface area (TPSA) is 37.4 Å². The van der Waals surface area contributed by atoms with Gasteiger partial charge in [-0.25, -0.2) is 0 Å². The number of rotatable bonds is 9. The van der Waals surface area contributed by atoms with Gasteiger partial charge in [0.1, 0.15) is 0 Å². The van der Waals surface area contributed by atoms with E-state index in [4.69, 9.17) is 0 Å². The first-order valence-electron chi connectivity index (χ1n) is 7.69. The summed E-state index contributed by atoms with van der Waals surface area (Å²) < 4.78 is 0. The van der Waals surface area contributed by atoms with Crippen molar-refractivity contribution < 1.29 is 9.59 Å². The van der Waals surface area contributed by atoms with Crippen LogP contribution in [-0.4, -0.2) is 23.3 Å². The van der Waals surface area contributed by atoms with E-state index in [9.17, 15) is 9.59 Å². The first-order chi connectivity index (χ1) is 9.16. The molecule has 0 aromatic rings. The zero-order valence-electron chi connectivity index (χ0n) is 12.2. The van der Waals surface area contributed by atoms with Crippen molar-refractivity contribution in [3.8, 4) is 0 Å². The van der Waals surface area contributed by atoms with Crippen molar-refractivity contribution in [2.45, 2.75) is 71.1 Å². The lowest BCUT2D eigenvalue weighted by molar-refractivity contribution is -0.139. The number of unbranched alkanes of at least 4 members (excludes halogenated alkanes) is 6. The molecule has 1 saturated heterocycles. The fourth-order valence-corrected chi connectivity index (χ4v) is 2.46. The molecule has 0 radical (unpaired) electrons. The Morgan fingerprint density at radius 1 is 1.16 bits per heavy atom. The molecular weight excluding hydrogens is 238 g/mol. The summed E-state index contributed by atoms with van der Waals surface area (Å²) in [4.78, 5) is 24.8. The maximum absolute atomic E-state index is 12.0. The number of hydrogen-bond donors (Lipinski definition) is 0. The molecule has 0 aromatic carbocycles. The molecule has 1 aliphatic rings. The minimum absolute atomic E-state index is 0.0364. The highest BCUT2D eigenvalue weighted by Gasteiger charge is 2.27. The molecule has 0 bridgehead atoms. The summed E-state index contributed by atoms with van der Waals surface area (Å²) in [6.45, 7) is 6.63. The van der Waals surface area contributed by atoms with Crippen LogP contribution in [0.4, 0.5) is 0 Å². The standard InChI is InChI=1S/C16H27NO2/c1-3-4-5-6-7-8-9-11-14(2)16(19)17-13-10-12-15(17)18/h2-13H2,1H3. The van der Waals surface area contributed by atoms with Gasteiger partial charge in [0.25, 0.3) is 5.91 Å². The highest BCUT2D eigenvalue weighted by molar-refractivity contribution is 6.04. The predicted octanol–water partition coefficient (Wildman–Crippen LogP) is 3.83. The van der Waals surface area contributed by atoms with E-state index in [0.29, 0.717) is 18.5 Å². The van der Waals surface area contributed by atoms with Gasteiger partial charge in [-0.15, -0.1) is 0 Å². The van der Waals surface area contributed by atoms with Crippen LogP contribution in [0.1, 0.15) is 71.1 Å². The van der Waals surface area contributed by atoms with Crippen LogP contribution in [0.25, 0.3) is 0 Å². The molecule has 1 rings (SSSR count). The maximum atomic E-state index is 12.0. The third-order valence-electron chi connectivity index (χ3n) is 3.70. The lowest BCUT2D eigenvalue weighted by Gasteiger charge is -2.15. The second kappa shape index (κ2) is 8.89. The fourth-order valence-electron chi connectivity index (χ4n) is 2.46. The van der Waals surface area contributed by atoms with Crippen LogP contribution in [0, 0.1) is 0 Å². The Hall–Kier alpha value is -1.12. The molecule has 3 heteroatoms. The zero-order chi connectivity index (χ0) is 14.1. The molecule has 0 aromatic heterocycles. The van der Waals surface area contributed by atoms with Crippen molar-refractivity contribution in [3.63, 3.8) is 0 Å². The molecular formula is C16H27NO2. The molecule has 1 heterocycles. The molecule has 1 fully saturated rings. The Morgan fingerprint density at radius 2 is 1.79 bits per heavy atom. The van der Waals surface area contributed by atoms with E-state index in [1.807, 2.05) is 0 Å². The van der Waals surface area contributed by atoms with Crippen molar-refractivity contribution in [2.75, 3.05) is 6.54 Å². The predicted molar refractivity (Wildman–Crippen MR) is 77.7 cm³/mol.